The Bertz CT molecular complexity index is 1320. The fourth-order valence-corrected chi connectivity index (χ4v) is 3.36. The molecular weight excluding hydrogens is 362 g/mol. The van der Waals surface area contributed by atoms with Gasteiger partial charge in [0.2, 0.25) is 0 Å². The Balaban J connectivity index is 1.63. The zero-order valence-corrected chi connectivity index (χ0v) is 16.1. The van der Waals surface area contributed by atoms with Gasteiger partial charge in [-0.05, 0) is 67.1 Å². The van der Waals surface area contributed by atoms with Gasteiger partial charge in [-0.1, -0.05) is 6.07 Å². The van der Waals surface area contributed by atoms with Crippen molar-refractivity contribution in [2.75, 3.05) is 12.4 Å². The zero-order valence-electron chi connectivity index (χ0n) is 16.1. The minimum Gasteiger partial charge on any atom is -0.497 e. The number of nitrogens with one attached hydrogen (secondary N) is 2. The molecule has 6 heteroatoms. The fourth-order valence-electron chi connectivity index (χ4n) is 3.36. The number of nitrogens with zero attached hydrogens (tertiary/aromatic N) is 3. The Hall–Kier alpha value is -3.93. The van der Waals surface area contributed by atoms with Crippen LogP contribution in [0.1, 0.15) is 5.56 Å². The molecule has 0 aliphatic carbocycles. The number of rotatable bonds is 4. The maximum absolute atomic E-state index is 5.26. The summed E-state index contributed by atoms with van der Waals surface area (Å²) in [7, 11) is 1.66. The first kappa shape index (κ1) is 17.2. The van der Waals surface area contributed by atoms with E-state index in [2.05, 4.69) is 40.6 Å². The van der Waals surface area contributed by atoms with Crippen molar-refractivity contribution in [1.82, 2.24) is 20.2 Å². The third-order valence-corrected chi connectivity index (χ3v) is 4.90. The first-order valence-electron chi connectivity index (χ1n) is 9.32. The summed E-state index contributed by atoms with van der Waals surface area (Å²) < 4.78 is 5.26. The topological polar surface area (TPSA) is 75.7 Å². The van der Waals surface area contributed by atoms with Crippen LogP contribution >= 0.6 is 0 Å². The standard InChI is InChI=1S/C23H19N5O/c1-14-3-9-19-21(11-14)26-22(15-4-7-18(29-2)8-5-15)27-23(19)25-17-6-10-20-16(12-17)13-24-28-20/h3-13H,1-2H3,(H,24,28)(H,25,26,27). The van der Waals surface area contributed by atoms with E-state index in [4.69, 9.17) is 14.7 Å². The second-order valence-corrected chi connectivity index (χ2v) is 6.94. The number of hydrogen-bond acceptors (Lipinski definition) is 5. The molecule has 2 N–H and O–H groups in total. The number of fused-ring (bicyclic) bond motifs is 2. The Labute approximate surface area is 167 Å². The average molecular weight is 381 g/mol. The lowest BCUT2D eigenvalue weighted by atomic mass is 10.1. The molecule has 0 aliphatic rings. The molecular formula is C23H19N5O. The van der Waals surface area contributed by atoms with E-state index in [9.17, 15) is 0 Å². The van der Waals surface area contributed by atoms with Crippen molar-refractivity contribution in [3.8, 4) is 17.1 Å². The quantitative estimate of drug-likeness (QED) is 0.446. The van der Waals surface area contributed by atoms with Crippen LogP contribution in [-0.4, -0.2) is 27.3 Å². The summed E-state index contributed by atoms with van der Waals surface area (Å²) in [5.41, 5.74) is 4.93. The molecule has 0 atom stereocenters. The summed E-state index contributed by atoms with van der Waals surface area (Å²) >= 11 is 0. The van der Waals surface area contributed by atoms with Gasteiger partial charge in [-0.25, -0.2) is 9.97 Å². The molecule has 0 saturated carbocycles. The van der Waals surface area contributed by atoms with Crippen molar-refractivity contribution in [3.05, 3.63) is 72.4 Å². The summed E-state index contributed by atoms with van der Waals surface area (Å²) in [5.74, 6) is 2.23. The lowest BCUT2D eigenvalue weighted by Crippen LogP contribution is -1.99. The zero-order chi connectivity index (χ0) is 19.8. The highest BCUT2D eigenvalue weighted by Crippen LogP contribution is 2.29. The summed E-state index contributed by atoms with van der Waals surface area (Å²) in [6, 6.07) is 20.0. The van der Waals surface area contributed by atoms with Gasteiger partial charge in [0.05, 0.1) is 24.3 Å². The minimum absolute atomic E-state index is 0.664. The first-order valence-corrected chi connectivity index (χ1v) is 9.32. The van der Waals surface area contributed by atoms with E-state index < -0.39 is 0 Å². The monoisotopic (exact) mass is 381 g/mol. The Morgan fingerprint density at radius 2 is 1.79 bits per heavy atom. The smallest absolute Gasteiger partial charge is 0.162 e. The first-order chi connectivity index (χ1) is 14.2. The molecule has 0 radical (unpaired) electrons. The van der Waals surface area contributed by atoms with E-state index in [1.807, 2.05) is 48.7 Å². The SMILES string of the molecule is COc1ccc(-c2nc(Nc3ccc4[nH]ncc4c3)c3ccc(C)cc3n2)cc1. The highest BCUT2D eigenvalue weighted by molar-refractivity contribution is 5.93. The van der Waals surface area contributed by atoms with Gasteiger partial charge in [0.15, 0.2) is 5.82 Å². The van der Waals surface area contributed by atoms with Gasteiger partial charge in [0, 0.05) is 22.0 Å². The maximum atomic E-state index is 5.26. The van der Waals surface area contributed by atoms with Crippen LogP contribution in [0.2, 0.25) is 0 Å². The summed E-state index contributed by atoms with van der Waals surface area (Å²) in [5, 5.41) is 12.5. The fraction of sp³-hybridized carbons (Fsp3) is 0.0870. The van der Waals surface area contributed by atoms with Crippen LogP contribution in [0, 0.1) is 6.92 Å². The van der Waals surface area contributed by atoms with Crippen LogP contribution in [0.4, 0.5) is 11.5 Å². The van der Waals surface area contributed by atoms with E-state index >= 15 is 0 Å². The predicted molar refractivity (Wildman–Crippen MR) is 116 cm³/mol. The van der Waals surface area contributed by atoms with Gasteiger partial charge in [-0.3, -0.25) is 5.10 Å². The molecule has 5 rings (SSSR count). The van der Waals surface area contributed by atoms with Gasteiger partial charge >= 0.3 is 0 Å². The molecule has 0 unspecified atom stereocenters. The maximum Gasteiger partial charge on any atom is 0.162 e. The van der Waals surface area contributed by atoms with E-state index in [-0.39, 0.29) is 0 Å². The molecule has 142 valence electrons. The van der Waals surface area contributed by atoms with E-state index in [0.29, 0.717) is 5.82 Å². The van der Waals surface area contributed by atoms with Crippen molar-refractivity contribution < 1.29 is 4.74 Å². The summed E-state index contributed by atoms with van der Waals surface area (Å²) in [6.07, 6.45) is 1.81. The van der Waals surface area contributed by atoms with Gasteiger partial charge in [0.1, 0.15) is 11.6 Å². The molecule has 0 fully saturated rings. The highest BCUT2D eigenvalue weighted by atomic mass is 16.5. The molecule has 0 aliphatic heterocycles. The third-order valence-electron chi connectivity index (χ3n) is 4.90. The number of aromatic amines is 1. The second-order valence-electron chi connectivity index (χ2n) is 6.94. The molecule has 3 aromatic carbocycles. The molecule has 2 heterocycles. The van der Waals surface area contributed by atoms with Crippen LogP contribution < -0.4 is 10.1 Å². The van der Waals surface area contributed by atoms with E-state index in [1.165, 1.54) is 0 Å². The number of aryl methyl sites for hydroxylation is 1. The van der Waals surface area contributed by atoms with Gasteiger partial charge in [-0.15, -0.1) is 0 Å². The number of benzene rings is 3. The lowest BCUT2D eigenvalue weighted by Gasteiger charge is -2.12. The van der Waals surface area contributed by atoms with Crippen LogP contribution in [0.5, 0.6) is 5.75 Å². The second kappa shape index (κ2) is 6.91. The van der Waals surface area contributed by atoms with E-state index in [1.54, 1.807) is 7.11 Å². The van der Waals surface area contributed by atoms with Crippen LogP contribution in [0.25, 0.3) is 33.2 Å². The van der Waals surface area contributed by atoms with Crippen molar-refractivity contribution in [2.24, 2.45) is 0 Å². The van der Waals surface area contributed by atoms with Gasteiger partial charge < -0.3 is 10.1 Å². The Kier molecular flexibility index (Phi) is 4.09. The van der Waals surface area contributed by atoms with Crippen molar-refractivity contribution in [3.63, 3.8) is 0 Å². The normalized spacial score (nSPS) is 11.1. The number of methoxy groups -OCH3 is 1. The largest absolute Gasteiger partial charge is 0.497 e. The van der Waals surface area contributed by atoms with Crippen LogP contribution in [0.15, 0.2) is 66.9 Å². The molecule has 29 heavy (non-hydrogen) atoms. The van der Waals surface area contributed by atoms with Gasteiger partial charge in [0.25, 0.3) is 0 Å². The Morgan fingerprint density at radius 1 is 0.931 bits per heavy atom. The molecule has 0 amide bonds. The number of ether oxygens (including phenoxy) is 1. The molecule has 6 nitrogen and oxygen atoms in total. The molecule has 0 saturated heterocycles. The highest BCUT2D eigenvalue weighted by Gasteiger charge is 2.11. The average Bonchev–Trinajstić information content (AvgIpc) is 3.21. The number of anilines is 2. The molecule has 0 bridgehead atoms. The minimum atomic E-state index is 0.664. The molecule has 0 spiro atoms. The van der Waals surface area contributed by atoms with Gasteiger partial charge in [-0.2, -0.15) is 5.10 Å². The van der Waals surface area contributed by atoms with Crippen LogP contribution in [-0.2, 0) is 0 Å². The van der Waals surface area contributed by atoms with E-state index in [0.717, 1.165) is 50.2 Å². The summed E-state index contributed by atoms with van der Waals surface area (Å²) in [4.78, 5) is 9.63. The van der Waals surface area contributed by atoms with Crippen LogP contribution in [0.3, 0.4) is 0 Å². The number of hydrogen-bond donors (Lipinski definition) is 2. The van der Waals surface area contributed by atoms with Crippen molar-refractivity contribution in [1.29, 1.82) is 0 Å². The van der Waals surface area contributed by atoms with Crippen molar-refractivity contribution in [2.45, 2.75) is 6.92 Å². The third kappa shape index (κ3) is 3.25. The summed E-state index contributed by atoms with van der Waals surface area (Å²) in [6.45, 7) is 2.06. The Morgan fingerprint density at radius 3 is 2.62 bits per heavy atom. The molecule has 2 aromatic heterocycles. The molecule has 5 aromatic rings. The van der Waals surface area contributed by atoms with Crippen molar-refractivity contribution >= 4 is 33.3 Å². The lowest BCUT2D eigenvalue weighted by molar-refractivity contribution is 0.415. The number of H-pyrrole nitrogens is 1. The predicted octanol–water partition coefficient (Wildman–Crippen LogP) is 5.23. The number of aromatic nitrogens is 4.